The van der Waals surface area contributed by atoms with Crippen molar-refractivity contribution in [3.05, 3.63) is 59.0 Å². The fraction of sp³-hybridized carbons (Fsp3) is 0.304. The highest BCUT2D eigenvalue weighted by Gasteiger charge is 2.21. The number of phenols is 1. The molecule has 4 N–H and O–H groups in total. The maximum absolute atomic E-state index is 12.7. The van der Waals surface area contributed by atoms with Gasteiger partial charge in [-0.25, -0.2) is 4.98 Å². The minimum Gasteiger partial charge on any atom is -0.508 e. The molecule has 0 aliphatic carbocycles. The van der Waals surface area contributed by atoms with Gasteiger partial charge in [0.25, 0.3) is 0 Å². The molecule has 3 aromatic rings. The Bertz CT molecular complexity index is 1040. The third-order valence-electron chi connectivity index (χ3n) is 5.67. The number of hydrogen-bond donors (Lipinski definition) is 3. The van der Waals surface area contributed by atoms with E-state index in [0.29, 0.717) is 21.6 Å². The molecule has 8 heteroatoms. The molecule has 4 rings (SSSR count). The summed E-state index contributed by atoms with van der Waals surface area (Å²) in [5.74, 6) is 0.104. The lowest BCUT2D eigenvalue weighted by Gasteiger charge is -2.36. The molecule has 2 aromatic carbocycles. The van der Waals surface area contributed by atoms with Gasteiger partial charge in [0.05, 0.1) is 0 Å². The highest BCUT2D eigenvalue weighted by Crippen LogP contribution is 2.31. The quantitative estimate of drug-likeness (QED) is 0.503. The molecule has 0 unspecified atom stereocenters. The van der Waals surface area contributed by atoms with Crippen LogP contribution in [0.3, 0.4) is 0 Å². The van der Waals surface area contributed by atoms with Crippen molar-refractivity contribution >= 4 is 39.4 Å². The van der Waals surface area contributed by atoms with E-state index >= 15 is 0 Å². The number of phenolic OH excluding ortho intramolecular Hbond substituents is 1. The van der Waals surface area contributed by atoms with Gasteiger partial charge in [-0.15, -0.1) is 0 Å². The Kier molecular flexibility index (Phi) is 6.11. The number of carbonyl (C=O) groups is 1. The second-order valence-corrected chi connectivity index (χ2v) is 8.96. The molecule has 1 aliphatic heterocycles. The summed E-state index contributed by atoms with van der Waals surface area (Å²) >= 11 is 1.22. The number of nitrogens with one attached hydrogen (secondary N) is 1. The first-order valence-electron chi connectivity index (χ1n) is 10.3. The van der Waals surface area contributed by atoms with E-state index in [-0.39, 0.29) is 17.4 Å². The lowest BCUT2D eigenvalue weighted by molar-refractivity contribution is 0.104. The van der Waals surface area contributed by atoms with Gasteiger partial charge < -0.3 is 26.0 Å². The summed E-state index contributed by atoms with van der Waals surface area (Å²) in [6, 6.07) is 15.0. The first kappa shape index (κ1) is 21.1. The summed E-state index contributed by atoms with van der Waals surface area (Å²) in [7, 11) is 4.30. The van der Waals surface area contributed by atoms with E-state index in [1.807, 2.05) is 12.1 Å². The van der Waals surface area contributed by atoms with Crippen LogP contribution < -0.4 is 16.0 Å². The Labute approximate surface area is 186 Å². The first-order chi connectivity index (χ1) is 14.9. The van der Waals surface area contributed by atoms with Crippen molar-refractivity contribution in [3.63, 3.8) is 0 Å². The molecule has 31 heavy (non-hydrogen) atoms. The van der Waals surface area contributed by atoms with E-state index < -0.39 is 0 Å². The summed E-state index contributed by atoms with van der Waals surface area (Å²) in [5.41, 5.74) is 8.56. The van der Waals surface area contributed by atoms with Gasteiger partial charge >= 0.3 is 0 Å². The van der Waals surface area contributed by atoms with Crippen LogP contribution in [0.2, 0.25) is 0 Å². The predicted molar refractivity (Wildman–Crippen MR) is 127 cm³/mol. The highest BCUT2D eigenvalue weighted by molar-refractivity contribution is 7.18. The SMILES string of the molecule is CN(C)C1CCN(c2ccc(Nc3nc(N)c(C(=O)c4ccc(O)cc4)s3)cc2)CC1. The lowest BCUT2D eigenvalue weighted by Crippen LogP contribution is -2.41. The molecule has 0 spiro atoms. The van der Waals surface area contributed by atoms with Crippen LogP contribution in [0.25, 0.3) is 0 Å². The number of carbonyl (C=O) groups excluding carboxylic acids is 1. The predicted octanol–water partition coefficient (Wildman–Crippen LogP) is 3.94. The zero-order valence-electron chi connectivity index (χ0n) is 17.7. The fourth-order valence-electron chi connectivity index (χ4n) is 3.81. The number of aromatic nitrogens is 1. The Morgan fingerprint density at radius 1 is 1.13 bits per heavy atom. The topological polar surface area (TPSA) is 94.7 Å². The second-order valence-electron chi connectivity index (χ2n) is 7.96. The standard InChI is InChI=1S/C23H27N5O2S/c1-27(2)17-11-13-28(14-12-17)18-7-5-16(6-8-18)25-23-26-22(24)21(31-23)20(30)15-3-9-19(29)10-4-15/h3-10,17,29H,11-14,24H2,1-2H3,(H,25,26). The summed E-state index contributed by atoms with van der Waals surface area (Å²) in [6.07, 6.45) is 2.34. The summed E-state index contributed by atoms with van der Waals surface area (Å²) in [5, 5.41) is 13.2. The number of nitrogens with zero attached hydrogens (tertiary/aromatic N) is 3. The molecule has 1 fully saturated rings. The van der Waals surface area contributed by atoms with Crippen LogP contribution in [0.15, 0.2) is 48.5 Å². The van der Waals surface area contributed by atoms with Crippen LogP contribution in [0.4, 0.5) is 22.3 Å². The zero-order valence-corrected chi connectivity index (χ0v) is 18.5. The Morgan fingerprint density at radius 2 is 1.77 bits per heavy atom. The highest BCUT2D eigenvalue weighted by atomic mass is 32.1. The van der Waals surface area contributed by atoms with Crippen molar-refractivity contribution in [1.29, 1.82) is 0 Å². The lowest BCUT2D eigenvalue weighted by atomic mass is 10.0. The molecule has 1 aromatic heterocycles. The molecule has 0 amide bonds. The Balaban J connectivity index is 1.41. The van der Waals surface area contributed by atoms with Crippen LogP contribution in [0.1, 0.15) is 28.1 Å². The number of anilines is 4. The van der Waals surface area contributed by atoms with Crippen LogP contribution in [-0.4, -0.2) is 54.0 Å². The molecule has 7 nitrogen and oxygen atoms in total. The second kappa shape index (κ2) is 8.95. The molecule has 0 bridgehead atoms. The summed E-state index contributed by atoms with van der Waals surface area (Å²) in [4.78, 5) is 22.1. The van der Waals surface area contributed by atoms with Gasteiger partial charge in [0.1, 0.15) is 16.4 Å². The number of nitrogen functional groups attached to an aromatic ring is 1. The van der Waals surface area contributed by atoms with E-state index in [1.54, 1.807) is 12.1 Å². The van der Waals surface area contributed by atoms with Crippen molar-refractivity contribution in [1.82, 2.24) is 9.88 Å². The number of benzene rings is 2. The summed E-state index contributed by atoms with van der Waals surface area (Å²) < 4.78 is 0. The Hall–Kier alpha value is -3.10. The largest absolute Gasteiger partial charge is 0.508 e. The molecule has 0 saturated carbocycles. The average molecular weight is 438 g/mol. The van der Waals surface area contributed by atoms with Gasteiger partial charge in [-0.3, -0.25) is 4.79 Å². The van der Waals surface area contributed by atoms with Gasteiger partial charge in [0.15, 0.2) is 5.13 Å². The third-order valence-corrected chi connectivity index (χ3v) is 6.65. The number of hydrogen-bond acceptors (Lipinski definition) is 8. The maximum Gasteiger partial charge on any atom is 0.206 e. The van der Waals surface area contributed by atoms with Gasteiger partial charge in [0, 0.05) is 36.1 Å². The van der Waals surface area contributed by atoms with E-state index in [4.69, 9.17) is 5.73 Å². The molecule has 1 aliphatic rings. The monoisotopic (exact) mass is 437 g/mol. The molecular weight excluding hydrogens is 410 g/mol. The van der Waals surface area contributed by atoms with Crippen molar-refractivity contribution in [2.75, 3.05) is 43.1 Å². The van der Waals surface area contributed by atoms with Crippen molar-refractivity contribution < 1.29 is 9.90 Å². The smallest absolute Gasteiger partial charge is 0.206 e. The van der Waals surface area contributed by atoms with Crippen LogP contribution in [-0.2, 0) is 0 Å². The van der Waals surface area contributed by atoms with E-state index in [1.165, 1.54) is 42.0 Å². The van der Waals surface area contributed by atoms with Crippen molar-refractivity contribution in [2.24, 2.45) is 0 Å². The third kappa shape index (κ3) is 4.81. The summed E-state index contributed by atoms with van der Waals surface area (Å²) in [6.45, 7) is 2.11. The van der Waals surface area contributed by atoms with Crippen LogP contribution >= 0.6 is 11.3 Å². The maximum atomic E-state index is 12.7. The fourth-order valence-corrected chi connectivity index (χ4v) is 4.68. The zero-order chi connectivity index (χ0) is 22.0. The normalized spacial score (nSPS) is 14.7. The molecule has 2 heterocycles. The average Bonchev–Trinajstić information content (AvgIpc) is 3.14. The number of piperidine rings is 1. The molecule has 0 atom stereocenters. The Morgan fingerprint density at radius 3 is 2.39 bits per heavy atom. The van der Waals surface area contributed by atoms with Crippen molar-refractivity contribution in [2.45, 2.75) is 18.9 Å². The number of aromatic hydroxyl groups is 1. The van der Waals surface area contributed by atoms with Gasteiger partial charge in [-0.2, -0.15) is 0 Å². The number of nitrogens with two attached hydrogens (primary N) is 1. The van der Waals surface area contributed by atoms with Crippen LogP contribution in [0, 0.1) is 0 Å². The van der Waals surface area contributed by atoms with Gasteiger partial charge in [-0.1, -0.05) is 11.3 Å². The minimum absolute atomic E-state index is 0.113. The number of ketones is 1. The van der Waals surface area contributed by atoms with Gasteiger partial charge in [-0.05, 0) is 75.5 Å². The first-order valence-corrected chi connectivity index (χ1v) is 11.1. The van der Waals surface area contributed by atoms with E-state index in [2.05, 4.69) is 46.3 Å². The number of thiazole rings is 1. The molecule has 1 saturated heterocycles. The van der Waals surface area contributed by atoms with E-state index in [0.717, 1.165) is 18.8 Å². The molecule has 162 valence electrons. The van der Waals surface area contributed by atoms with E-state index in [9.17, 15) is 9.90 Å². The van der Waals surface area contributed by atoms with Gasteiger partial charge in [0.2, 0.25) is 5.78 Å². The van der Waals surface area contributed by atoms with Crippen molar-refractivity contribution in [3.8, 4) is 5.75 Å². The molecule has 0 radical (unpaired) electrons. The number of rotatable bonds is 6. The minimum atomic E-state index is -0.209. The molecular formula is C23H27N5O2S. The van der Waals surface area contributed by atoms with Crippen LogP contribution in [0.5, 0.6) is 5.75 Å².